The molecule has 1 aliphatic carbocycles. The Morgan fingerprint density at radius 3 is 1.95 bits per heavy atom. The number of hydrogen-bond acceptors (Lipinski definition) is 1. The van der Waals surface area contributed by atoms with Crippen molar-refractivity contribution in [1.29, 1.82) is 0 Å². The SMILES string of the molecule is c1ccc2c(c1)-c1ccccc1C2CC1CCNCC1. The van der Waals surface area contributed by atoms with Crippen LogP contribution in [-0.2, 0) is 0 Å². The molecular weight excluding hydrogens is 242 g/mol. The van der Waals surface area contributed by atoms with E-state index >= 15 is 0 Å². The van der Waals surface area contributed by atoms with Crippen LogP contribution in [0.25, 0.3) is 11.1 Å². The van der Waals surface area contributed by atoms with E-state index in [0.29, 0.717) is 5.92 Å². The molecule has 0 aromatic heterocycles. The van der Waals surface area contributed by atoms with Crippen molar-refractivity contribution in [2.75, 3.05) is 13.1 Å². The van der Waals surface area contributed by atoms with Crippen LogP contribution in [0.2, 0.25) is 0 Å². The molecule has 1 fully saturated rings. The van der Waals surface area contributed by atoms with E-state index in [-0.39, 0.29) is 0 Å². The van der Waals surface area contributed by atoms with Crippen LogP contribution < -0.4 is 5.32 Å². The molecule has 2 aromatic carbocycles. The molecule has 1 aliphatic heterocycles. The lowest BCUT2D eigenvalue weighted by molar-refractivity contribution is 0.343. The summed E-state index contributed by atoms with van der Waals surface area (Å²) in [6.45, 7) is 2.39. The van der Waals surface area contributed by atoms with E-state index < -0.39 is 0 Å². The summed E-state index contributed by atoms with van der Waals surface area (Å²) in [6.07, 6.45) is 3.98. The Bertz CT molecular complexity index is 565. The predicted molar refractivity (Wildman–Crippen MR) is 83.9 cm³/mol. The Hall–Kier alpha value is -1.60. The van der Waals surface area contributed by atoms with Crippen molar-refractivity contribution < 1.29 is 0 Å². The molecule has 1 heteroatoms. The minimum absolute atomic E-state index is 0.616. The largest absolute Gasteiger partial charge is 0.317 e. The smallest absolute Gasteiger partial charge is 0.0104 e. The Morgan fingerprint density at radius 1 is 0.800 bits per heavy atom. The van der Waals surface area contributed by atoms with Gasteiger partial charge in [0.25, 0.3) is 0 Å². The van der Waals surface area contributed by atoms with E-state index in [2.05, 4.69) is 53.8 Å². The Morgan fingerprint density at radius 2 is 1.35 bits per heavy atom. The first kappa shape index (κ1) is 12.2. The fourth-order valence-electron chi connectivity index (χ4n) is 3.96. The van der Waals surface area contributed by atoms with Crippen molar-refractivity contribution in [3.8, 4) is 11.1 Å². The van der Waals surface area contributed by atoms with E-state index in [1.54, 1.807) is 11.1 Å². The molecule has 0 amide bonds. The monoisotopic (exact) mass is 263 g/mol. The Labute approximate surface area is 121 Å². The molecule has 4 rings (SSSR count). The average Bonchev–Trinajstić information content (AvgIpc) is 2.84. The summed E-state index contributed by atoms with van der Waals surface area (Å²) < 4.78 is 0. The first-order valence-corrected chi connectivity index (χ1v) is 7.82. The van der Waals surface area contributed by atoms with Crippen molar-refractivity contribution in [3.05, 3.63) is 59.7 Å². The van der Waals surface area contributed by atoms with Gasteiger partial charge in [-0.25, -0.2) is 0 Å². The third-order valence-electron chi connectivity index (χ3n) is 4.99. The van der Waals surface area contributed by atoms with Crippen molar-refractivity contribution in [1.82, 2.24) is 5.32 Å². The zero-order valence-electron chi connectivity index (χ0n) is 11.8. The summed E-state index contributed by atoms with van der Waals surface area (Å²) in [5.74, 6) is 1.49. The third kappa shape index (κ3) is 1.97. The molecule has 1 saturated heterocycles. The van der Waals surface area contributed by atoms with E-state index in [1.807, 2.05) is 0 Å². The van der Waals surface area contributed by atoms with Gasteiger partial charge in [0.2, 0.25) is 0 Å². The maximum atomic E-state index is 3.48. The number of fused-ring (bicyclic) bond motifs is 3. The predicted octanol–water partition coefficient (Wildman–Crippen LogP) is 4.19. The number of benzene rings is 2. The summed E-state index contributed by atoms with van der Waals surface area (Å²) in [4.78, 5) is 0. The normalized spacial score (nSPS) is 18.8. The average molecular weight is 263 g/mol. The first-order valence-electron chi connectivity index (χ1n) is 7.82. The number of rotatable bonds is 2. The van der Waals surface area contributed by atoms with Gasteiger partial charge < -0.3 is 5.32 Å². The number of nitrogens with one attached hydrogen (secondary N) is 1. The van der Waals surface area contributed by atoms with Crippen LogP contribution in [0.4, 0.5) is 0 Å². The van der Waals surface area contributed by atoms with Gasteiger partial charge in [0.1, 0.15) is 0 Å². The van der Waals surface area contributed by atoms with Crippen LogP contribution in [0.1, 0.15) is 36.3 Å². The zero-order chi connectivity index (χ0) is 13.4. The second-order valence-corrected chi connectivity index (χ2v) is 6.16. The van der Waals surface area contributed by atoms with Crippen molar-refractivity contribution in [2.24, 2.45) is 5.92 Å². The van der Waals surface area contributed by atoms with Crippen LogP contribution in [0.5, 0.6) is 0 Å². The molecule has 2 aliphatic rings. The second-order valence-electron chi connectivity index (χ2n) is 6.16. The molecule has 0 atom stereocenters. The summed E-state index contributed by atoms with van der Waals surface area (Å²) in [6, 6.07) is 18.0. The lowest BCUT2D eigenvalue weighted by Gasteiger charge is -2.26. The molecule has 0 saturated carbocycles. The van der Waals surface area contributed by atoms with Crippen LogP contribution in [0, 0.1) is 5.92 Å². The lowest BCUT2D eigenvalue weighted by atomic mass is 9.83. The summed E-state index contributed by atoms with van der Waals surface area (Å²) in [7, 11) is 0. The van der Waals surface area contributed by atoms with Crippen LogP contribution in [-0.4, -0.2) is 13.1 Å². The van der Waals surface area contributed by atoms with Gasteiger partial charge >= 0.3 is 0 Å². The van der Waals surface area contributed by atoms with Gasteiger partial charge in [-0.1, -0.05) is 48.5 Å². The van der Waals surface area contributed by atoms with Crippen LogP contribution in [0.15, 0.2) is 48.5 Å². The highest BCUT2D eigenvalue weighted by Crippen LogP contribution is 2.47. The number of hydrogen-bond donors (Lipinski definition) is 1. The molecule has 0 spiro atoms. The van der Waals surface area contributed by atoms with Crippen LogP contribution in [0.3, 0.4) is 0 Å². The van der Waals surface area contributed by atoms with Gasteiger partial charge in [-0.05, 0) is 60.5 Å². The molecule has 1 N–H and O–H groups in total. The minimum atomic E-state index is 0.616. The van der Waals surface area contributed by atoms with Crippen molar-refractivity contribution >= 4 is 0 Å². The van der Waals surface area contributed by atoms with Gasteiger partial charge in [-0.15, -0.1) is 0 Å². The van der Waals surface area contributed by atoms with Crippen LogP contribution >= 0.6 is 0 Å². The highest BCUT2D eigenvalue weighted by Gasteiger charge is 2.30. The molecule has 102 valence electrons. The molecular formula is C19H21N. The zero-order valence-corrected chi connectivity index (χ0v) is 11.8. The first-order chi connectivity index (χ1) is 9.93. The van der Waals surface area contributed by atoms with E-state index in [0.717, 1.165) is 5.92 Å². The highest BCUT2D eigenvalue weighted by molar-refractivity contribution is 5.78. The maximum Gasteiger partial charge on any atom is 0.0104 e. The lowest BCUT2D eigenvalue weighted by Crippen LogP contribution is -2.28. The Kier molecular flexibility index (Phi) is 3.08. The number of piperidine rings is 1. The van der Waals surface area contributed by atoms with Gasteiger partial charge in [0.15, 0.2) is 0 Å². The van der Waals surface area contributed by atoms with E-state index in [4.69, 9.17) is 0 Å². The standard InChI is InChI=1S/C19H21N/c1-3-7-17-15(5-1)16-6-2-4-8-18(16)19(17)13-14-9-11-20-12-10-14/h1-8,14,19-20H,9-13H2. The fourth-order valence-corrected chi connectivity index (χ4v) is 3.96. The minimum Gasteiger partial charge on any atom is -0.317 e. The molecule has 2 aromatic rings. The van der Waals surface area contributed by atoms with E-state index in [9.17, 15) is 0 Å². The molecule has 1 heterocycles. The van der Waals surface area contributed by atoms with Gasteiger partial charge in [0.05, 0.1) is 0 Å². The molecule has 0 unspecified atom stereocenters. The Balaban J connectivity index is 1.71. The summed E-state index contributed by atoms with van der Waals surface area (Å²) in [5.41, 5.74) is 6.02. The molecule has 0 bridgehead atoms. The quantitative estimate of drug-likeness (QED) is 0.856. The molecule has 1 nitrogen and oxygen atoms in total. The van der Waals surface area contributed by atoms with Gasteiger partial charge in [-0.2, -0.15) is 0 Å². The topological polar surface area (TPSA) is 12.0 Å². The van der Waals surface area contributed by atoms with E-state index in [1.165, 1.54) is 43.5 Å². The van der Waals surface area contributed by atoms with Crippen molar-refractivity contribution in [2.45, 2.75) is 25.2 Å². The third-order valence-corrected chi connectivity index (χ3v) is 4.99. The second kappa shape index (κ2) is 5.06. The molecule has 20 heavy (non-hydrogen) atoms. The fraction of sp³-hybridized carbons (Fsp3) is 0.368. The maximum absolute atomic E-state index is 3.48. The van der Waals surface area contributed by atoms with Gasteiger partial charge in [-0.3, -0.25) is 0 Å². The van der Waals surface area contributed by atoms with Gasteiger partial charge in [0, 0.05) is 5.92 Å². The summed E-state index contributed by atoms with van der Waals surface area (Å²) >= 11 is 0. The van der Waals surface area contributed by atoms with Crippen molar-refractivity contribution in [3.63, 3.8) is 0 Å². The highest BCUT2D eigenvalue weighted by atomic mass is 14.9. The summed E-state index contributed by atoms with van der Waals surface area (Å²) in [5, 5.41) is 3.48. The molecule has 0 radical (unpaired) electrons.